The van der Waals surface area contributed by atoms with Crippen LogP contribution in [0.5, 0.6) is 0 Å². The predicted octanol–water partition coefficient (Wildman–Crippen LogP) is 2.69. The number of hydrogen-bond acceptors (Lipinski definition) is 6. The fraction of sp³-hybridized carbons (Fsp3) is 0.200. The summed E-state index contributed by atoms with van der Waals surface area (Å²) in [4.78, 5) is 41.9. The number of aryl methyl sites for hydroxylation is 2. The molecule has 2 N–H and O–H groups in total. The minimum atomic E-state index is -0.489. The van der Waals surface area contributed by atoms with Crippen LogP contribution in [0.15, 0.2) is 41.2 Å². The van der Waals surface area contributed by atoms with Crippen LogP contribution in [0.25, 0.3) is 12.0 Å². The van der Waals surface area contributed by atoms with Gasteiger partial charge >= 0.3 is 0 Å². The highest BCUT2D eigenvalue weighted by molar-refractivity contribution is 6.01. The zero-order chi connectivity index (χ0) is 21.8. The van der Waals surface area contributed by atoms with E-state index in [4.69, 9.17) is 0 Å². The van der Waals surface area contributed by atoms with Crippen LogP contribution in [0.3, 0.4) is 0 Å². The number of aromatic nitrogens is 4. The van der Waals surface area contributed by atoms with E-state index in [1.807, 2.05) is 6.92 Å². The lowest BCUT2D eigenvalue weighted by Crippen LogP contribution is -2.21. The monoisotopic (exact) mass is 408 g/mol. The zero-order valence-corrected chi connectivity index (χ0v) is 16.7. The Bertz CT molecular complexity index is 1190. The highest BCUT2D eigenvalue weighted by atomic mass is 16.6. The molecule has 0 aliphatic rings. The van der Waals surface area contributed by atoms with Crippen molar-refractivity contribution in [2.45, 2.75) is 27.2 Å². The van der Waals surface area contributed by atoms with Gasteiger partial charge in [0.15, 0.2) is 0 Å². The lowest BCUT2D eigenvalue weighted by Gasteiger charge is -2.09. The van der Waals surface area contributed by atoms with Gasteiger partial charge in [0.2, 0.25) is 11.9 Å². The highest BCUT2D eigenvalue weighted by Crippen LogP contribution is 2.16. The summed E-state index contributed by atoms with van der Waals surface area (Å²) in [6.45, 7) is 5.38. The smallest absolute Gasteiger partial charge is 0.269 e. The van der Waals surface area contributed by atoms with Gasteiger partial charge in [0.25, 0.3) is 11.2 Å². The third-order valence-electron chi connectivity index (χ3n) is 4.38. The largest absolute Gasteiger partial charge is 0.307 e. The van der Waals surface area contributed by atoms with Crippen LogP contribution in [-0.4, -0.2) is 30.6 Å². The van der Waals surface area contributed by atoms with Gasteiger partial charge in [0.1, 0.15) is 5.82 Å². The number of hydrogen-bond donors (Lipinski definition) is 2. The Hall–Kier alpha value is -4.08. The number of carbonyl (C=O) groups is 1. The van der Waals surface area contributed by atoms with Crippen molar-refractivity contribution in [3.8, 4) is 5.95 Å². The van der Waals surface area contributed by atoms with Crippen molar-refractivity contribution in [1.29, 1.82) is 0 Å². The second-order valence-corrected chi connectivity index (χ2v) is 6.56. The molecule has 0 aliphatic carbocycles. The average Bonchev–Trinajstić information content (AvgIpc) is 3.06. The number of nitrogens with zero attached hydrogens (tertiary/aromatic N) is 4. The molecule has 0 saturated carbocycles. The van der Waals surface area contributed by atoms with E-state index in [1.54, 1.807) is 32.0 Å². The Morgan fingerprint density at radius 3 is 2.60 bits per heavy atom. The molecule has 10 heteroatoms. The Balaban J connectivity index is 1.82. The van der Waals surface area contributed by atoms with Crippen molar-refractivity contribution >= 4 is 23.5 Å². The standard InChI is InChI=1S/C20H20N6O4/c1-4-16-13(3)21-20(23-19(16)28)25-17(11-12(2)24-25)22-18(27)10-7-14-5-8-15(9-6-14)26(29)30/h5-11H,4H2,1-3H3,(H,22,27)(H,21,23,28). The lowest BCUT2D eigenvalue weighted by atomic mass is 10.2. The first-order valence-corrected chi connectivity index (χ1v) is 9.19. The van der Waals surface area contributed by atoms with Gasteiger partial charge in [-0.25, -0.2) is 4.98 Å². The van der Waals surface area contributed by atoms with Gasteiger partial charge < -0.3 is 5.32 Å². The molecule has 154 valence electrons. The van der Waals surface area contributed by atoms with Gasteiger partial charge in [-0.2, -0.15) is 9.78 Å². The number of amides is 1. The average molecular weight is 408 g/mol. The Labute approximate surface area is 171 Å². The van der Waals surface area contributed by atoms with Crippen LogP contribution in [-0.2, 0) is 11.2 Å². The molecule has 0 radical (unpaired) electrons. The molecule has 2 aromatic heterocycles. The van der Waals surface area contributed by atoms with E-state index in [0.717, 1.165) is 0 Å². The van der Waals surface area contributed by atoms with Crippen LogP contribution in [0, 0.1) is 24.0 Å². The Kier molecular flexibility index (Phi) is 5.86. The number of rotatable bonds is 6. The van der Waals surface area contributed by atoms with E-state index in [-0.39, 0.29) is 17.2 Å². The molecule has 1 aromatic carbocycles. The maximum absolute atomic E-state index is 12.3. The minimum absolute atomic E-state index is 0.0261. The summed E-state index contributed by atoms with van der Waals surface area (Å²) in [5.41, 5.74) is 2.19. The van der Waals surface area contributed by atoms with E-state index in [1.165, 1.54) is 29.0 Å². The molecular formula is C20H20N6O4. The summed E-state index contributed by atoms with van der Waals surface area (Å²) in [7, 11) is 0. The quantitative estimate of drug-likeness (QED) is 0.366. The number of nitro groups is 1. The molecule has 0 bridgehead atoms. The number of carbonyl (C=O) groups excluding carboxylic acids is 1. The summed E-state index contributed by atoms with van der Waals surface area (Å²) in [5.74, 6) is 0.119. The summed E-state index contributed by atoms with van der Waals surface area (Å²) in [6, 6.07) is 7.47. The number of anilines is 1. The molecule has 0 fully saturated rings. The first-order valence-electron chi connectivity index (χ1n) is 9.19. The van der Waals surface area contributed by atoms with Crippen LogP contribution in [0.2, 0.25) is 0 Å². The second kappa shape index (κ2) is 8.52. The van der Waals surface area contributed by atoms with E-state index >= 15 is 0 Å². The first kappa shape index (κ1) is 20.6. The molecular weight excluding hydrogens is 388 g/mol. The number of benzene rings is 1. The lowest BCUT2D eigenvalue weighted by molar-refractivity contribution is -0.384. The van der Waals surface area contributed by atoms with Crippen molar-refractivity contribution in [3.63, 3.8) is 0 Å². The van der Waals surface area contributed by atoms with Crippen LogP contribution in [0.4, 0.5) is 11.5 Å². The van der Waals surface area contributed by atoms with E-state index in [9.17, 15) is 19.7 Å². The summed E-state index contributed by atoms with van der Waals surface area (Å²) in [6.07, 6.45) is 3.39. The number of nitrogens with one attached hydrogen (secondary N) is 2. The molecule has 3 rings (SSSR count). The number of H-pyrrole nitrogens is 1. The Morgan fingerprint density at radius 2 is 2.00 bits per heavy atom. The summed E-state index contributed by atoms with van der Waals surface area (Å²) < 4.78 is 1.36. The minimum Gasteiger partial charge on any atom is -0.307 e. The highest BCUT2D eigenvalue weighted by Gasteiger charge is 2.14. The van der Waals surface area contributed by atoms with Gasteiger partial charge in [-0.3, -0.25) is 24.7 Å². The summed E-state index contributed by atoms with van der Waals surface area (Å²) >= 11 is 0. The molecule has 0 spiro atoms. The fourth-order valence-corrected chi connectivity index (χ4v) is 2.91. The van der Waals surface area contributed by atoms with E-state index in [2.05, 4.69) is 20.4 Å². The van der Waals surface area contributed by atoms with Gasteiger partial charge in [-0.05, 0) is 44.0 Å². The topological polar surface area (TPSA) is 136 Å². The van der Waals surface area contributed by atoms with Crippen molar-refractivity contribution in [2.24, 2.45) is 0 Å². The van der Waals surface area contributed by atoms with Crippen molar-refractivity contribution in [3.05, 3.63) is 79.4 Å². The number of aromatic amines is 1. The van der Waals surface area contributed by atoms with Gasteiger partial charge in [-0.1, -0.05) is 6.92 Å². The SMILES string of the molecule is CCc1c(C)nc(-n2nc(C)cc2NC(=O)C=Cc2ccc([N+](=O)[O-])cc2)[nH]c1=O. The van der Waals surface area contributed by atoms with Gasteiger partial charge in [0, 0.05) is 35.5 Å². The van der Waals surface area contributed by atoms with Crippen molar-refractivity contribution in [2.75, 3.05) is 5.32 Å². The zero-order valence-electron chi connectivity index (χ0n) is 16.7. The predicted molar refractivity (Wildman–Crippen MR) is 112 cm³/mol. The molecule has 2 heterocycles. The molecule has 0 atom stereocenters. The maximum atomic E-state index is 12.3. The van der Waals surface area contributed by atoms with Crippen molar-refractivity contribution < 1.29 is 9.72 Å². The first-order chi connectivity index (χ1) is 14.3. The Morgan fingerprint density at radius 1 is 1.30 bits per heavy atom. The normalized spacial score (nSPS) is 11.0. The van der Waals surface area contributed by atoms with Crippen LogP contribution >= 0.6 is 0 Å². The molecule has 3 aromatic rings. The maximum Gasteiger partial charge on any atom is 0.269 e. The number of nitro benzene ring substituents is 1. The molecule has 0 unspecified atom stereocenters. The van der Waals surface area contributed by atoms with Gasteiger partial charge in [-0.15, -0.1) is 0 Å². The van der Waals surface area contributed by atoms with E-state index < -0.39 is 10.8 Å². The molecule has 10 nitrogen and oxygen atoms in total. The second-order valence-electron chi connectivity index (χ2n) is 6.56. The summed E-state index contributed by atoms with van der Waals surface area (Å²) in [5, 5.41) is 17.7. The third-order valence-corrected chi connectivity index (χ3v) is 4.38. The molecule has 30 heavy (non-hydrogen) atoms. The molecule has 0 aliphatic heterocycles. The number of non-ortho nitro benzene ring substituents is 1. The van der Waals surface area contributed by atoms with Crippen LogP contribution < -0.4 is 10.9 Å². The fourth-order valence-electron chi connectivity index (χ4n) is 2.91. The third kappa shape index (κ3) is 4.49. The van der Waals surface area contributed by atoms with Crippen LogP contribution in [0.1, 0.15) is 29.4 Å². The molecule has 0 saturated heterocycles. The van der Waals surface area contributed by atoms with E-state index in [0.29, 0.717) is 34.8 Å². The van der Waals surface area contributed by atoms with Crippen molar-refractivity contribution in [1.82, 2.24) is 19.7 Å². The molecule has 1 amide bonds. The van der Waals surface area contributed by atoms with Gasteiger partial charge in [0.05, 0.1) is 10.6 Å².